The van der Waals surface area contributed by atoms with Crippen LogP contribution >= 0.6 is 0 Å². The number of carbonyl (C=O) groups excluding carboxylic acids is 1. The Bertz CT molecular complexity index is 1090. The van der Waals surface area contributed by atoms with Crippen LogP contribution in [0.25, 0.3) is 11.4 Å². The molecule has 140 valence electrons. The van der Waals surface area contributed by atoms with Gasteiger partial charge in [0.1, 0.15) is 12.1 Å². The smallest absolute Gasteiger partial charge is 0.255 e. The van der Waals surface area contributed by atoms with Crippen LogP contribution in [0.3, 0.4) is 0 Å². The van der Waals surface area contributed by atoms with Gasteiger partial charge in [-0.25, -0.2) is 9.36 Å². The number of nitrogens with zero attached hydrogens (tertiary/aromatic N) is 6. The average Bonchev–Trinajstić information content (AvgIpc) is 3.42. The molecule has 2 N–H and O–H groups in total. The highest BCUT2D eigenvalue weighted by molar-refractivity contribution is 5.97. The Morgan fingerprint density at radius 1 is 1.14 bits per heavy atom. The minimum absolute atomic E-state index is 0.155. The predicted octanol–water partition coefficient (Wildman–Crippen LogP) is 2.04. The summed E-state index contributed by atoms with van der Waals surface area (Å²) >= 11 is 0. The van der Waals surface area contributed by atoms with Gasteiger partial charge in [-0.2, -0.15) is 5.10 Å². The number of aromatic hydroxyl groups is 1. The first-order chi connectivity index (χ1) is 13.6. The van der Waals surface area contributed by atoms with Crippen LogP contribution in [0.4, 0.5) is 0 Å². The van der Waals surface area contributed by atoms with Crippen LogP contribution in [0.1, 0.15) is 28.9 Å². The van der Waals surface area contributed by atoms with Crippen molar-refractivity contribution in [3.63, 3.8) is 0 Å². The lowest BCUT2D eigenvalue weighted by atomic mass is 10.0. The van der Waals surface area contributed by atoms with Crippen LogP contribution in [0.15, 0.2) is 67.3 Å². The molecule has 9 heteroatoms. The minimum atomic E-state index is -0.386. The van der Waals surface area contributed by atoms with Crippen LogP contribution in [0, 0.1) is 0 Å². The van der Waals surface area contributed by atoms with Crippen LogP contribution in [0.2, 0.25) is 0 Å². The molecule has 1 amide bonds. The summed E-state index contributed by atoms with van der Waals surface area (Å²) in [6.45, 7) is 1.88. The standard InChI is InChI=1S/C19H17N7O2/c1-13(15-5-2-3-6-17(15)25-10-4-9-21-25)22-19(28)16-8-7-14(11-18(16)27)26-12-20-23-24-26/h2-13,27H,1H3,(H,22,28). The van der Waals surface area contributed by atoms with Crippen molar-refractivity contribution in [2.45, 2.75) is 13.0 Å². The van der Waals surface area contributed by atoms with E-state index in [-0.39, 0.29) is 23.3 Å². The number of phenolic OH excluding ortho intramolecular Hbond substituents is 1. The van der Waals surface area contributed by atoms with Crippen LogP contribution in [0.5, 0.6) is 5.75 Å². The lowest BCUT2D eigenvalue weighted by Gasteiger charge is -2.18. The number of hydrogen-bond acceptors (Lipinski definition) is 6. The van der Waals surface area contributed by atoms with E-state index in [4.69, 9.17) is 0 Å². The van der Waals surface area contributed by atoms with E-state index in [0.717, 1.165) is 11.3 Å². The molecule has 0 spiro atoms. The first-order valence-electron chi connectivity index (χ1n) is 8.59. The summed E-state index contributed by atoms with van der Waals surface area (Å²) in [4.78, 5) is 12.7. The number of para-hydroxylation sites is 1. The normalized spacial score (nSPS) is 11.9. The summed E-state index contributed by atoms with van der Waals surface area (Å²) < 4.78 is 3.14. The fourth-order valence-electron chi connectivity index (χ4n) is 2.96. The Balaban J connectivity index is 1.56. The van der Waals surface area contributed by atoms with E-state index < -0.39 is 0 Å². The molecule has 2 heterocycles. The van der Waals surface area contributed by atoms with E-state index in [1.807, 2.05) is 43.5 Å². The molecule has 2 aromatic carbocycles. The Morgan fingerprint density at radius 2 is 2.00 bits per heavy atom. The molecule has 0 aliphatic rings. The summed E-state index contributed by atoms with van der Waals surface area (Å²) in [5, 5.41) is 28.3. The van der Waals surface area contributed by atoms with Crippen molar-refractivity contribution in [3.05, 3.63) is 78.4 Å². The number of aromatic nitrogens is 6. The number of nitrogens with one attached hydrogen (secondary N) is 1. The minimum Gasteiger partial charge on any atom is -0.507 e. The largest absolute Gasteiger partial charge is 0.507 e. The van der Waals surface area contributed by atoms with E-state index >= 15 is 0 Å². The van der Waals surface area contributed by atoms with Gasteiger partial charge in [-0.05, 0) is 47.2 Å². The third kappa shape index (κ3) is 3.32. The molecule has 0 bridgehead atoms. The van der Waals surface area contributed by atoms with Crippen molar-refractivity contribution >= 4 is 5.91 Å². The van der Waals surface area contributed by atoms with Crippen LogP contribution in [-0.2, 0) is 0 Å². The van der Waals surface area contributed by atoms with E-state index in [0.29, 0.717) is 5.69 Å². The molecular formula is C19H17N7O2. The number of hydrogen-bond donors (Lipinski definition) is 2. The van der Waals surface area contributed by atoms with Gasteiger partial charge in [0.15, 0.2) is 0 Å². The quantitative estimate of drug-likeness (QED) is 0.552. The molecule has 4 rings (SSSR count). The van der Waals surface area contributed by atoms with Gasteiger partial charge in [0.25, 0.3) is 5.91 Å². The molecule has 0 aliphatic carbocycles. The summed E-state index contributed by atoms with van der Waals surface area (Å²) in [6.07, 6.45) is 4.95. The molecule has 0 fully saturated rings. The molecule has 4 aromatic rings. The maximum absolute atomic E-state index is 12.7. The van der Waals surface area contributed by atoms with E-state index in [9.17, 15) is 9.90 Å². The fraction of sp³-hybridized carbons (Fsp3) is 0.105. The zero-order valence-corrected chi connectivity index (χ0v) is 15.0. The van der Waals surface area contributed by atoms with E-state index in [1.54, 1.807) is 16.9 Å². The van der Waals surface area contributed by atoms with Crippen molar-refractivity contribution in [2.24, 2.45) is 0 Å². The number of benzene rings is 2. The predicted molar refractivity (Wildman–Crippen MR) is 100 cm³/mol. The third-order valence-corrected chi connectivity index (χ3v) is 4.34. The summed E-state index contributed by atoms with van der Waals surface area (Å²) in [6, 6.07) is 13.9. The second-order valence-corrected chi connectivity index (χ2v) is 6.16. The van der Waals surface area contributed by atoms with Gasteiger partial charge in [-0.15, -0.1) is 5.10 Å². The third-order valence-electron chi connectivity index (χ3n) is 4.34. The van der Waals surface area contributed by atoms with Crippen molar-refractivity contribution in [1.29, 1.82) is 0 Å². The van der Waals surface area contributed by atoms with Crippen LogP contribution < -0.4 is 5.32 Å². The maximum Gasteiger partial charge on any atom is 0.255 e. The summed E-state index contributed by atoms with van der Waals surface area (Å²) in [5.74, 6) is -0.540. The molecule has 2 aromatic heterocycles. The van der Waals surface area contributed by atoms with Gasteiger partial charge < -0.3 is 10.4 Å². The highest BCUT2D eigenvalue weighted by Gasteiger charge is 2.18. The van der Waals surface area contributed by atoms with Crippen molar-refractivity contribution in [3.8, 4) is 17.1 Å². The zero-order valence-electron chi connectivity index (χ0n) is 15.0. The first-order valence-corrected chi connectivity index (χ1v) is 8.59. The Labute approximate surface area is 160 Å². The monoisotopic (exact) mass is 375 g/mol. The highest BCUT2D eigenvalue weighted by Crippen LogP contribution is 2.24. The number of phenols is 1. The van der Waals surface area contributed by atoms with Crippen LogP contribution in [-0.4, -0.2) is 41.0 Å². The number of rotatable bonds is 5. The van der Waals surface area contributed by atoms with Crippen molar-refractivity contribution in [2.75, 3.05) is 0 Å². The molecule has 1 unspecified atom stereocenters. The number of carbonyl (C=O) groups is 1. The number of tetrazole rings is 1. The van der Waals surface area contributed by atoms with Gasteiger partial charge in [-0.1, -0.05) is 18.2 Å². The summed E-state index contributed by atoms with van der Waals surface area (Å²) in [5.41, 5.74) is 2.50. The molecule has 0 radical (unpaired) electrons. The Morgan fingerprint density at radius 3 is 2.71 bits per heavy atom. The molecule has 1 atom stereocenters. The molecule has 9 nitrogen and oxygen atoms in total. The average molecular weight is 375 g/mol. The fourth-order valence-corrected chi connectivity index (χ4v) is 2.96. The van der Waals surface area contributed by atoms with Gasteiger partial charge in [-0.3, -0.25) is 4.79 Å². The first kappa shape index (κ1) is 17.4. The number of amides is 1. The molecular weight excluding hydrogens is 358 g/mol. The van der Waals surface area contributed by atoms with Gasteiger partial charge in [0, 0.05) is 18.5 Å². The second-order valence-electron chi connectivity index (χ2n) is 6.16. The molecule has 0 aliphatic heterocycles. The molecule has 0 saturated carbocycles. The lowest BCUT2D eigenvalue weighted by molar-refractivity contribution is 0.0937. The molecule has 28 heavy (non-hydrogen) atoms. The maximum atomic E-state index is 12.7. The van der Waals surface area contributed by atoms with Crippen molar-refractivity contribution < 1.29 is 9.90 Å². The topological polar surface area (TPSA) is 111 Å². The SMILES string of the molecule is CC(NC(=O)c1ccc(-n2cnnn2)cc1O)c1ccccc1-n1cccn1. The Kier molecular flexibility index (Phi) is 4.55. The van der Waals surface area contributed by atoms with Gasteiger partial charge >= 0.3 is 0 Å². The lowest BCUT2D eigenvalue weighted by Crippen LogP contribution is -2.27. The van der Waals surface area contributed by atoms with Gasteiger partial charge in [0.2, 0.25) is 0 Å². The zero-order chi connectivity index (χ0) is 19.5. The summed E-state index contributed by atoms with van der Waals surface area (Å²) in [7, 11) is 0. The van der Waals surface area contributed by atoms with E-state index in [1.165, 1.54) is 23.1 Å². The molecule has 0 saturated heterocycles. The van der Waals surface area contributed by atoms with E-state index in [2.05, 4.69) is 25.9 Å². The Hall–Kier alpha value is -4.01. The second kappa shape index (κ2) is 7.31. The van der Waals surface area contributed by atoms with Gasteiger partial charge in [0.05, 0.1) is 23.0 Å². The van der Waals surface area contributed by atoms with Crippen molar-refractivity contribution in [1.82, 2.24) is 35.3 Å². The highest BCUT2D eigenvalue weighted by atomic mass is 16.3.